The van der Waals surface area contributed by atoms with Crippen molar-refractivity contribution in [3.63, 3.8) is 0 Å². The molecule has 0 atom stereocenters. The molecule has 1 heterocycles. The Hall–Kier alpha value is -2.51. The predicted octanol–water partition coefficient (Wildman–Crippen LogP) is 5.73. The fourth-order valence-electron chi connectivity index (χ4n) is 2.92. The Balaban J connectivity index is 1.56. The lowest BCUT2D eigenvalue weighted by Crippen LogP contribution is -2.28. The zero-order valence-corrected chi connectivity index (χ0v) is 20.5. The van der Waals surface area contributed by atoms with Gasteiger partial charge in [0, 0.05) is 38.8 Å². The summed E-state index contributed by atoms with van der Waals surface area (Å²) >= 11 is 24.9. The molecule has 0 radical (unpaired) electrons. The molecular weight excluding hydrogens is 508 g/mol. The maximum absolute atomic E-state index is 12.0. The minimum absolute atomic E-state index is 0.231. The van der Waals surface area contributed by atoms with Gasteiger partial charge in [-0.15, -0.1) is 0 Å². The predicted molar refractivity (Wildman–Crippen MR) is 131 cm³/mol. The van der Waals surface area contributed by atoms with E-state index in [2.05, 4.69) is 10.4 Å². The van der Waals surface area contributed by atoms with Crippen molar-refractivity contribution in [2.75, 3.05) is 6.61 Å². The first kappa shape index (κ1) is 25.1. The standard InChI is InChI=1S/C23H19Cl4N3O3/c1-14-16(23(27)30(29-14)12-17-19(25)7-4-8-20(17)26)9-10-22(32)33-13-21(31)28-11-15-5-2-3-6-18(15)24/h2-10H,11-13H2,1H3,(H,28,31)/b10-9+. The second kappa shape index (κ2) is 11.6. The number of rotatable bonds is 8. The van der Waals surface area contributed by atoms with Crippen molar-refractivity contribution in [2.45, 2.75) is 20.0 Å². The maximum atomic E-state index is 12.0. The highest BCUT2D eigenvalue weighted by Crippen LogP contribution is 2.28. The minimum Gasteiger partial charge on any atom is -0.452 e. The molecule has 0 saturated carbocycles. The summed E-state index contributed by atoms with van der Waals surface area (Å²) in [5, 5.41) is 8.89. The largest absolute Gasteiger partial charge is 0.452 e. The first-order valence-corrected chi connectivity index (χ1v) is 11.3. The lowest BCUT2D eigenvalue weighted by atomic mass is 10.2. The van der Waals surface area contributed by atoms with Crippen LogP contribution in [0.15, 0.2) is 48.5 Å². The molecule has 0 saturated heterocycles. The topological polar surface area (TPSA) is 73.2 Å². The minimum atomic E-state index is -0.694. The molecule has 0 fully saturated rings. The van der Waals surface area contributed by atoms with E-state index in [-0.39, 0.29) is 13.1 Å². The van der Waals surface area contributed by atoms with Gasteiger partial charge in [-0.3, -0.25) is 4.79 Å². The van der Waals surface area contributed by atoms with Crippen molar-refractivity contribution < 1.29 is 14.3 Å². The van der Waals surface area contributed by atoms with Crippen LogP contribution in [0.2, 0.25) is 20.2 Å². The van der Waals surface area contributed by atoms with Crippen molar-refractivity contribution in [1.29, 1.82) is 0 Å². The molecule has 33 heavy (non-hydrogen) atoms. The maximum Gasteiger partial charge on any atom is 0.331 e. The van der Waals surface area contributed by atoms with Gasteiger partial charge in [0.05, 0.1) is 12.2 Å². The van der Waals surface area contributed by atoms with Gasteiger partial charge in [0.2, 0.25) is 0 Å². The Morgan fingerprint density at radius 2 is 1.70 bits per heavy atom. The molecule has 1 amide bonds. The number of hydrogen-bond acceptors (Lipinski definition) is 4. The van der Waals surface area contributed by atoms with E-state index in [1.165, 1.54) is 16.8 Å². The summed E-state index contributed by atoms with van der Waals surface area (Å²) in [6.45, 7) is 1.83. The number of carbonyl (C=O) groups is 2. The molecule has 172 valence electrons. The average molecular weight is 527 g/mol. The van der Waals surface area contributed by atoms with E-state index < -0.39 is 18.5 Å². The van der Waals surface area contributed by atoms with Crippen LogP contribution in [0.1, 0.15) is 22.4 Å². The summed E-state index contributed by atoms with van der Waals surface area (Å²) < 4.78 is 6.52. The summed E-state index contributed by atoms with van der Waals surface area (Å²) in [4.78, 5) is 24.0. The van der Waals surface area contributed by atoms with Crippen LogP contribution in [0.5, 0.6) is 0 Å². The molecule has 0 aliphatic carbocycles. The third-order valence-corrected chi connectivity index (χ3v) is 6.12. The van der Waals surface area contributed by atoms with Crippen LogP contribution in [0, 0.1) is 6.92 Å². The lowest BCUT2D eigenvalue weighted by Gasteiger charge is -2.08. The highest BCUT2D eigenvalue weighted by atomic mass is 35.5. The number of halogens is 4. The third kappa shape index (κ3) is 6.74. The fraction of sp³-hybridized carbons (Fsp3) is 0.174. The molecule has 10 heteroatoms. The molecule has 1 N–H and O–H groups in total. The van der Waals surface area contributed by atoms with Crippen molar-refractivity contribution in [3.05, 3.63) is 91.1 Å². The van der Waals surface area contributed by atoms with Gasteiger partial charge >= 0.3 is 5.97 Å². The first-order valence-electron chi connectivity index (χ1n) is 9.77. The summed E-state index contributed by atoms with van der Waals surface area (Å²) in [7, 11) is 0. The number of benzene rings is 2. The molecule has 0 aliphatic rings. The second-order valence-electron chi connectivity index (χ2n) is 6.96. The monoisotopic (exact) mass is 525 g/mol. The van der Waals surface area contributed by atoms with Crippen molar-refractivity contribution in [3.8, 4) is 0 Å². The highest BCUT2D eigenvalue weighted by molar-refractivity contribution is 6.36. The number of nitrogens with zero attached hydrogens (tertiary/aromatic N) is 2. The number of ether oxygens (including phenoxy) is 1. The van der Waals surface area contributed by atoms with Crippen LogP contribution in [-0.4, -0.2) is 28.3 Å². The number of nitrogens with one attached hydrogen (secondary N) is 1. The molecule has 0 bridgehead atoms. The normalized spacial score (nSPS) is 11.1. The van der Waals surface area contributed by atoms with Gasteiger partial charge in [-0.25, -0.2) is 9.48 Å². The molecule has 6 nitrogen and oxygen atoms in total. The van der Waals surface area contributed by atoms with Crippen molar-refractivity contribution in [1.82, 2.24) is 15.1 Å². The second-order valence-corrected chi connectivity index (χ2v) is 8.54. The summed E-state index contributed by atoms with van der Waals surface area (Å²) in [6.07, 6.45) is 2.67. The van der Waals surface area contributed by atoms with Crippen LogP contribution in [0.3, 0.4) is 0 Å². The zero-order valence-electron chi connectivity index (χ0n) is 17.4. The average Bonchev–Trinajstić information content (AvgIpc) is 3.05. The molecule has 3 aromatic rings. The van der Waals surface area contributed by atoms with Gasteiger partial charge < -0.3 is 10.1 Å². The van der Waals surface area contributed by atoms with E-state index in [4.69, 9.17) is 51.1 Å². The fourth-order valence-corrected chi connectivity index (χ4v) is 3.93. The Labute approximate surface area is 211 Å². The molecular formula is C23H19Cl4N3O3. The van der Waals surface area contributed by atoms with Crippen LogP contribution in [-0.2, 0) is 27.4 Å². The molecule has 3 rings (SSSR count). The van der Waals surface area contributed by atoms with E-state index in [1.54, 1.807) is 43.3 Å². The van der Waals surface area contributed by atoms with Gasteiger partial charge in [-0.1, -0.05) is 70.7 Å². The van der Waals surface area contributed by atoms with Gasteiger partial charge in [-0.05, 0) is 36.8 Å². The SMILES string of the molecule is Cc1nn(Cc2c(Cl)cccc2Cl)c(Cl)c1/C=C/C(=O)OCC(=O)NCc1ccccc1Cl. The smallest absolute Gasteiger partial charge is 0.331 e. The van der Waals surface area contributed by atoms with Crippen LogP contribution >= 0.6 is 46.4 Å². The van der Waals surface area contributed by atoms with Crippen LogP contribution < -0.4 is 5.32 Å². The van der Waals surface area contributed by atoms with E-state index >= 15 is 0 Å². The van der Waals surface area contributed by atoms with Crippen LogP contribution in [0.25, 0.3) is 6.08 Å². The summed E-state index contributed by atoms with van der Waals surface area (Å²) in [6, 6.07) is 12.3. The first-order chi connectivity index (χ1) is 15.8. The van der Waals surface area contributed by atoms with E-state index in [0.29, 0.717) is 37.0 Å². The molecule has 0 spiro atoms. The molecule has 0 unspecified atom stereocenters. The lowest BCUT2D eigenvalue weighted by molar-refractivity contribution is -0.143. The van der Waals surface area contributed by atoms with E-state index in [0.717, 1.165) is 5.56 Å². The molecule has 1 aromatic heterocycles. The van der Waals surface area contributed by atoms with Crippen molar-refractivity contribution >= 4 is 64.4 Å². The quantitative estimate of drug-likeness (QED) is 0.300. The number of amides is 1. The number of aromatic nitrogens is 2. The van der Waals surface area contributed by atoms with Crippen molar-refractivity contribution in [2.24, 2.45) is 0 Å². The zero-order chi connectivity index (χ0) is 24.0. The van der Waals surface area contributed by atoms with Gasteiger partial charge in [-0.2, -0.15) is 5.10 Å². The van der Waals surface area contributed by atoms with E-state index in [1.807, 2.05) is 6.07 Å². The van der Waals surface area contributed by atoms with Crippen LogP contribution in [0.4, 0.5) is 0 Å². The molecule has 0 aliphatic heterocycles. The summed E-state index contributed by atoms with van der Waals surface area (Å²) in [5.74, 6) is -1.14. The Kier molecular flexibility index (Phi) is 8.80. The number of esters is 1. The third-order valence-electron chi connectivity index (χ3n) is 4.64. The number of carbonyl (C=O) groups excluding carboxylic acids is 2. The molecule has 2 aromatic carbocycles. The Morgan fingerprint density at radius 3 is 2.39 bits per heavy atom. The van der Waals surface area contributed by atoms with Gasteiger partial charge in [0.1, 0.15) is 5.15 Å². The number of hydrogen-bond donors (Lipinski definition) is 1. The van der Waals surface area contributed by atoms with Gasteiger partial charge in [0.15, 0.2) is 6.61 Å². The van der Waals surface area contributed by atoms with E-state index in [9.17, 15) is 9.59 Å². The summed E-state index contributed by atoms with van der Waals surface area (Å²) in [5.41, 5.74) is 2.59. The van der Waals surface area contributed by atoms with Gasteiger partial charge in [0.25, 0.3) is 5.91 Å². The number of aryl methyl sites for hydroxylation is 1. The highest BCUT2D eigenvalue weighted by Gasteiger charge is 2.15. The Bertz CT molecular complexity index is 1190. The Morgan fingerprint density at radius 1 is 1.03 bits per heavy atom.